The van der Waals surface area contributed by atoms with Gasteiger partial charge in [0.05, 0.1) is 23.1 Å². The lowest BCUT2D eigenvalue weighted by atomic mass is 9.67. The lowest BCUT2D eigenvalue weighted by molar-refractivity contribution is -0.160. The van der Waals surface area contributed by atoms with Crippen molar-refractivity contribution in [3.8, 4) is 0 Å². The molecular formula is C27H33Cl2FN2O5S. The van der Waals surface area contributed by atoms with Crippen molar-refractivity contribution < 1.29 is 27.5 Å². The van der Waals surface area contributed by atoms with Gasteiger partial charge >= 0.3 is 5.97 Å². The van der Waals surface area contributed by atoms with Gasteiger partial charge in [0.1, 0.15) is 5.82 Å². The number of sulfonamides is 1. The van der Waals surface area contributed by atoms with E-state index in [1.54, 1.807) is 56.0 Å². The van der Waals surface area contributed by atoms with E-state index in [0.717, 1.165) is 0 Å². The lowest BCUT2D eigenvalue weighted by Gasteiger charge is -2.52. The number of benzene rings is 2. The SMILES string of the molecule is CCC(CNS(=O)(=O)C(C)C)N1C(=O)C(C)(CC(=O)O)CC(c2cc(F)cc(Cl)c2)C1c1ccc(Cl)cc1. The van der Waals surface area contributed by atoms with Crippen LogP contribution in [0.2, 0.25) is 10.0 Å². The quantitative estimate of drug-likeness (QED) is 0.367. The summed E-state index contributed by atoms with van der Waals surface area (Å²) in [5, 5.41) is 9.69. The van der Waals surface area contributed by atoms with Crippen molar-refractivity contribution in [2.45, 2.75) is 70.2 Å². The Balaban J connectivity index is 2.23. The van der Waals surface area contributed by atoms with Gasteiger partial charge in [0, 0.05) is 28.5 Å². The number of hydrogen-bond donors (Lipinski definition) is 2. The predicted octanol–water partition coefficient (Wildman–Crippen LogP) is 5.78. The maximum absolute atomic E-state index is 14.5. The van der Waals surface area contributed by atoms with Crippen LogP contribution < -0.4 is 4.72 Å². The highest BCUT2D eigenvalue weighted by atomic mass is 35.5. The summed E-state index contributed by atoms with van der Waals surface area (Å²) < 4.78 is 42.3. The number of carboxylic acids is 1. The molecule has 2 aromatic carbocycles. The van der Waals surface area contributed by atoms with Gasteiger partial charge in [-0.3, -0.25) is 9.59 Å². The first-order valence-corrected chi connectivity index (χ1v) is 14.7. The smallest absolute Gasteiger partial charge is 0.304 e. The average molecular weight is 588 g/mol. The van der Waals surface area contributed by atoms with Crippen LogP contribution in [0.25, 0.3) is 0 Å². The van der Waals surface area contributed by atoms with Gasteiger partial charge in [0.2, 0.25) is 15.9 Å². The van der Waals surface area contributed by atoms with Crippen LogP contribution in [-0.2, 0) is 19.6 Å². The van der Waals surface area contributed by atoms with Crippen LogP contribution in [0, 0.1) is 11.2 Å². The number of carboxylic acid groups (broad SMARTS) is 1. The second-order valence-corrected chi connectivity index (χ2v) is 13.6. The van der Waals surface area contributed by atoms with Crippen molar-refractivity contribution in [3.05, 3.63) is 69.5 Å². The molecule has 0 saturated carbocycles. The molecule has 4 unspecified atom stereocenters. The van der Waals surface area contributed by atoms with E-state index in [0.29, 0.717) is 22.6 Å². The van der Waals surface area contributed by atoms with Gasteiger partial charge in [-0.05, 0) is 68.1 Å². The molecule has 1 fully saturated rings. The van der Waals surface area contributed by atoms with Gasteiger partial charge in [-0.25, -0.2) is 17.5 Å². The van der Waals surface area contributed by atoms with E-state index < -0.39 is 62.8 Å². The molecule has 1 heterocycles. The summed E-state index contributed by atoms with van der Waals surface area (Å²) in [4.78, 5) is 27.6. The number of hydrogen-bond acceptors (Lipinski definition) is 4. The summed E-state index contributed by atoms with van der Waals surface area (Å²) in [5.41, 5.74) is -0.111. The molecule has 3 rings (SSSR count). The van der Waals surface area contributed by atoms with E-state index in [2.05, 4.69) is 4.72 Å². The minimum Gasteiger partial charge on any atom is -0.481 e. The number of amides is 1. The fourth-order valence-corrected chi connectivity index (χ4v) is 6.27. The van der Waals surface area contributed by atoms with E-state index in [9.17, 15) is 27.5 Å². The summed E-state index contributed by atoms with van der Waals surface area (Å²) in [7, 11) is -3.64. The van der Waals surface area contributed by atoms with Gasteiger partial charge in [-0.1, -0.05) is 49.2 Å². The Morgan fingerprint density at radius 1 is 1.16 bits per heavy atom. The number of aliphatic carboxylic acids is 1. The normalized spacial score (nSPS) is 23.1. The Labute approximate surface area is 233 Å². The van der Waals surface area contributed by atoms with Crippen molar-refractivity contribution in [3.63, 3.8) is 0 Å². The van der Waals surface area contributed by atoms with Crippen LogP contribution >= 0.6 is 23.2 Å². The van der Waals surface area contributed by atoms with E-state index in [-0.39, 0.29) is 18.0 Å². The van der Waals surface area contributed by atoms with Crippen molar-refractivity contribution in [2.75, 3.05) is 6.54 Å². The summed E-state index contributed by atoms with van der Waals surface area (Å²) in [6.45, 7) is 6.47. The Bertz CT molecular complexity index is 1270. The number of halogens is 3. The topological polar surface area (TPSA) is 104 Å². The van der Waals surface area contributed by atoms with Gasteiger partial charge in [-0.2, -0.15) is 0 Å². The van der Waals surface area contributed by atoms with Crippen molar-refractivity contribution in [2.24, 2.45) is 5.41 Å². The standard InChI is InChI=1S/C27H33Cl2FN2O5S/c1-5-22(15-31-38(36,37)16(2)3)32-25(17-6-8-19(28)9-7-17)23(18-10-20(29)12-21(30)11-18)13-27(4,26(32)35)14-24(33)34/h6-12,16,22-23,25,31H,5,13-15H2,1-4H3,(H,33,34). The largest absolute Gasteiger partial charge is 0.481 e. The molecule has 0 aromatic heterocycles. The predicted molar refractivity (Wildman–Crippen MR) is 146 cm³/mol. The zero-order valence-corrected chi connectivity index (χ0v) is 24.1. The zero-order valence-electron chi connectivity index (χ0n) is 21.7. The molecule has 1 saturated heterocycles. The van der Waals surface area contributed by atoms with Crippen molar-refractivity contribution in [1.29, 1.82) is 0 Å². The van der Waals surface area contributed by atoms with Crippen LogP contribution in [0.3, 0.4) is 0 Å². The number of nitrogens with zero attached hydrogens (tertiary/aromatic N) is 1. The molecule has 0 bridgehead atoms. The maximum atomic E-state index is 14.5. The highest BCUT2D eigenvalue weighted by Gasteiger charge is 2.52. The second kappa shape index (κ2) is 11.9. The minimum atomic E-state index is -3.64. The first-order valence-electron chi connectivity index (χ1n) is 12.4. The monoisotopic (exact) mass is 586 g/mol. The molecule has 0 spiro atoms. The molecule has 1 aliphatic heterocycles. The number of likely N-dealkylation sites (tertiary alicyclic amines) is 1. The van der Waals surface area contributed by atoms with Crippen LogP contribution in [0.4, 0.5) is 4.39 Å². The summed E-state index contributed by atoms with van der Waals surface area (Å²) in [5.74, 6) is -2.64. The van der Waals surface area contributed by atoms with E-state index in [1.807, 2.05) is 6.92 Å². The van der Waals surface area contributed by atoms with Crippen molar-refractivity contribution in [1.82, 2.24) is 9.62 Å². The fraction of sp³-hybridized carbons (Fsp3) is 0.481. The Hall–Kier alpha value is -2.20. The van der Waals surface area contributed by atoms with Crippen LogP contribution in [0.1, 0.15) is 70.0 Å². The Morgan fingerprint density at radius 3 is 2.32 bits per heavy atom. The molecule has 1 aliphatic rings. The number of carbonyl (C=O) groups excluding carboxylic acids is 1. The Morgan fingerprint density at radius 2 is 1.79 bits per heavy atom. The highest BCUT2D eigenvalue weighted by molar-refractivity contribution is 7.90. The maximum Gasteiger partial charge on any atom is 0.304 e. The van der Waals surface area contributed by atoms with Crippen molar-refractivity contribution >= 4 is 45.1 Å². The summed E-state index contributed by atoms with van der Waals surface area (Å²) in [6.07, 6.45) is 0.0649. The van der Waals surface area contributed by atoms with E-state index in [1.165, 1.54) is 12.1 Å². The third kappa shape index (κ3) is 6.68. The third-order valence-corrected chi connectivity index (χ3v) is 9.45. The van der Waals surface area contributed by atoms with Gasteiger partial charge in [0.15, 0.2) is 0 Å². The lowest BCUT2D eigenvalue weighted by Crippen LogP contribution is -2.58. The summed E-state index contributed by atoms with van der Waals surface area (Å²) >= 11 is 12.4. The van der Waals surface area contributed by atoms with Crippen LogP contribution in [-0.4, -0.2) is 48.1 Å². The molecule has 0 radical (unpaired) electrons. The molecule has 1 amide bonds. The number of carbonyl (C=O) groups is 2. The van der Waals surface area contributed by atoms with Gasteiger partial charge in [0.25, 0.3) is 0 Å². The molecule has 4 atom stereocenters. The molecule has 2 N–H and O–H groups in total. The number of rotatable bonds is 10. The molecule has 7 nitrogen and oxygen atoms in total. The zero-order chi connectivity index (χ0) is 28.4. The van der Waals surface area contributed by atoms with Crippen LogP contribution in [0.15, 0.2) is 42.5 Å². The number of piperidine rings is 1. The molecule has 38 heavy (non-hydrogen) atoms. The highest BCUT2D eigenvalue weighted by Crippen LogP contribution is 2.52. The molecular weight excluding hydrogens is 554 g/mol. The molecule has 0 aliphatic carbocycles. The van der Waals surface area contributed by atoms with Gasteiger partial charge in [-0.15, -0.1) is 0 Å². The Kier molecular flexibility index (Phi) is 9.50. The third-order valence-electron chi connectivity index (χ3n) is 7.17. The van der Waals surface area contributed by atoms with E-state index in [4.69, 9.17) is 23.2 Å². The first kappa shape index (κ1) is 30.3. The first-order chi connectivity index (χ1) is 17.7. The van der Waals surface area contributed by atoms with Crippen LogP contribution in [0.5, 0.6) is 0 Å². The second-order valence-electron chi connectivity index (χ2n) is 10.4. The summed E-state index contributed by atoms with van der Waals surface area (Å²) in [6, 6.07) is 9.78. The van der Waals surface area contributed by atoms with E-state index >= 15 is 0 Å². The van der Waals surface area contributed by atoms with Gasteiger partial charge < -0.3 is 10.0 Å². The fourth-order valence-electron chi connectivity index (χ4n) is 5.15. The average Bonchev–Trinajstić information content (AvgIpc) is 2.81. The molecule has 11 heteroatoms. The molecule has 208 valence electrons. The number of nitrogens with one attached hydrogen (secondary N) is 1. The molecule has 2 aromatic rings. The minimum absolute atomic E-state index is 0.0629.